The van der Waals surface area contributed by atoms with Crippen molar-refractivity contribution < 1.29 is 15.3 Å². The third kappa shape index (κ3) is 2.80. The second-order valence-electron chi connectivity index (χ2n) is 3.68. The van der Waals surface area contributed by atoms with Gasteiger partial charge >= 0.3 is 0 Å². The highest BCUT2D eigenvalue weighted by Gasteiger charge is 2.25. The van der Waals surface area contributed by atoms with Crippen LogP contribution in [0.1, 0.15) is 18.9 Å². The average Bonchev–Trinajstić information content (AvgIpc) is 2.18. The minimum absolute atomic E-state index is 0.132. The highest BCUT2D eigenvalue weighted by molar-refractivity contribution is 5.21. The first-order chi connectivity index (χ1) is 6.56. The molecule has 0 aliphatic heterocycles. The summed E-state index contributed by atoms with van der Waals surface area (Å²) in [5.74, 6) is 0. The van der Waals surface area contributed by atoms with Crippen molar-refractivity contribution in [3.63, 3.8) is 0 Å². The molecule has 0 aliphatic carbocycles. The topological polar surface area (TPSA) is 60.7 Å². The molecule has 3 heteroatoms. The Labute approximate surface area is 83.6 Å². The lowest BCUT2D eigenvalue weighted by atomic mass is 9.90. The number of benzene rings is 1. The van der Waals surface area contributed by atoms with Gasteiger partial charge in [-0.2, -0.15) is 0 Å². The van der Waals surface area contributed by atoms with Crippen molar-refractivity contribution in [3.8, 4) is 0 Å². The predicted molar refractivity (Wildman–Crippen MR) is 53.7 cm³/mol. The number of hydrogen-bond acceptors (Lipinski definition) is 3. The Balaban J connectivity index is 2.75. The molecule has 0 spiro atoms. The van der Waals surface area contributed by atoms with Crippen molar-refractivity contribution in [2.45, 2.75) is 25.0 Å². The molecule has 14 heavy (non-hydrogen) atoms. The van der Waals surface area contributed by atoms with Gasteiger partial charge in [-0.25, -0.2) is 0 Å². The first-order valence-corrected chi connectivity index (χ1v) is 4.63. The zero-order valence-electron chi connectivity index (χ0n) is 8.22. The zero-order chi connectivity index (χ0) is 10.6. The summed E-state index contributed by atoms with van der Waals surface area (Å²) in [6, 6.07) is 9.11. The van der Waals surface area contributed by atoms with Gasteiger partial charge in [0.15, 0.2) is 0 Å². The Morgan fingerprint density at radius 1 is 1.29 bits per heavy atom. The summed E-state index contributed by atoms with van der Waals surface area (Å²) in [7, 11) is 0. The van der Waals surface area contributed by atoms with Crippen LogP contribution in [0.2, 0.25) is 0 Å². The summed E-state index contributed by atoms with van der Waals surface area (Å²) in [5.41, 5.74) is -0.351. The molecule has 0 unspecified atom stereocenters. The lowest BCUT2D eigenvalue weighted by Gasteiger charge is -2.25. The molecule has 0 amide bonds. The van der Waals surface area contributed by atoms with Crippen molar-refractivity contribution in [3.05, 3.63) is 35.9 Å². The highest BCUT2D eigenvalue weighted by atomic mass is 16.3. The molecule has 0 saturated carbocycles. The molecular weight excluding hydrogens is 180 g/mol. The molecule has 0 aromatic heterocycles. The van der Waals surface area contributed by atoms with Crippen molar-refractivity contribution >= 4 is 0 Å². The van der Waals surface area contributed by atoms with Gasteiger partial charge in [0, 0.05) is 6.42 Å². The Kier molecular flexibility index (Phi) is 3.63. The van der Waals surface area contributed by atoms with Gasteiger partial charge in [0.05, 0.1) is 18.3 Å². The molecule has 1 aromatic carbocycles. The number of aliphatic hydroxyl groups excluding tert-OH is 2. The molecule has 0 fully saturated rings. The fourth-order valence-corrected chi connectivity index (χ4v) is 1.44. The Bertz CT molecular complexity index is 269. The molecule has 0 radical (unpaired) electrons. The largest absolute Gasteiger partial charge is 0.394 e. The van der Waals surface area contributed by atoms with Gasteiger partial charge in [0.25, 0.3) is 0 Å². The van der Waals surface area contributed by atoms with Crippen LogP contribution >= 0.6 is 0 Å². The minimum atomic E-state index is -1.09. The van der Waals surface area contributed by atoms with Crippen LogP contribution in [-0.4, -0.2) is 28.0 Å². The maximum Gasteiger partial charge on any atom is 0.0894 e. The molecule has 2 atom stereocenters. The Hall–Kier alpha value is -0.900. The lowest BCUT2D eigenvalue weighted by Crippen LogP contribution is -2.29. The van der Waals surface area contributed by atoms with E-state index in [1.807, 2.05) is 18.2 Å². The van der Waals surface area contributed by atoms with Gasteiger partial charge in [0.1, 0.15) is 0 Å². The van der Waals surface area contributed by atoms with E-state index < -0.39 is 11.7 Å². The second-order valence-corrected chi connectivity index (χ2v) is 3.68. The Morgan fingerprint density at radius 2 is 1.86 bits per heavy atom. The highest BCUT2D eigenvalue weighted by Crippen LogP contribution is 2.25. The quantitative estimate of drug-likeness (QED) is 0.662. The molecule has 1 rings (SSSR count). The van der Waals surface area contributed by atoms with E-state index >= 15 is 0 Å². The van der Waals surface area contributed by atoms with Gasteiger partial charge in [0.2, 0.25) is 0 Å². The smallest absolute Gasteiger partial charge is 0.0894 e. The van der Waals surface area contributed by atoms with E-state index in [2.05, 4.69) is 0 Å². The van der Waals surface area contributed by atoms with Gasteiger partial charge in [-0.05, 0) is 12.5 Å². The predicted octanol–water partition coefficient (Wildman–Crippen LogP) is 0.637. The molecule has 0 heterocycles. The molecule has 1 aromatic rings. The Morgan fingerprint density at radius 3 is 2.36 bits per heavy atom. The van der Waals surface area contributed by atoms with E-state index in [1.165, 1.54) is 0 Å². The normalized spacial score (nSPS) is 17.4. The van der Waals surface area contributed by atoms with E-state index in [9.17, 15) is 10.2 Å². The van der Waals surface area contributed by atoms with Crippen LogP contribution in [0.25, 0.3) is 0 Å². The van der Waals surface area contributed by atoms with E-state index in [4.69, 9.17) is 5.11 Å². The van der Waals surface area contributed by atoms with Crippen molar-refractivity contribution in [2.75, 3.05) is 6.61 Å². The lowest BCUT2D eigenvalue weighted by molar-refractivity contribution is -0.0178. The van der Waals surface area contributed by atoms with Gasteiger partial charge in [-0.15, -0.1) is 0 Å². The average molecular weight is 196 g/mol. The minimum Gasteiger partial charge on any atom is -0.394 e. The van der Waals surface area contributed by atoms with E-state index in [1.54, 1.807) is 19.1 Å². The first-order valence-electron chi connectivity index (χ1n) is 4.63. The summed E-state index contributed by atoms with van der Waals surface area (Å²) in [4.78, 5) is 0. The van der Waals surface area contributed by atoms with Crippen molar-refractivity contribution in [1.29, 1.82) is 0 Å². The van der Waals surface area contributed by atoms with Crippen LogP contribution in [0.15, 0.2) is 30.3 Å². The van der Waals surface area contributed by atoms with Crippen LogP contribution in [0.4, 0.5) is 0 Å². The summed E-state index contributed by atoms with van der Waals surface area (Å²) in [6.07, 6.45) is -0.752. The zero-order valence-corrected chi connectivity index (χ0v) is 8.22. The molecule has 78 valence electrons. The number of hydrogen-bond donors (Lipinski definition) is 3. The third-order valence-electron chi connectivity index (χ3n) is 2.24. The SMILES string of the molecule is C[C@@](O)(C[C@H](O)CO)c1ccccc1. The summed E-state index contributed by atoms with van der Waals surface area (Å²) in [5, 5.41) is 27.9. The molecule has 0 aliphatic rings. The molecule has 0 saturated heterocycles. The van der Waals surface area contributed by atoms with Crippen LogP contribution in [0.5, 0.6) is 0 Å². The first kappa shape index (κ1) is 11.2. The van der Waals surface area contributed by atoms with E-state index in [0.717, 1.165) is 5.56 Å². The van der Waals surface area contributed by atoms with Crippen LogP contribution in [0, 0.1) is 0 Å². The fraction of sp³-hybridized carbons (Fsp3) is 0.455. The second kappa shape index (κ2) is 4.55. The summed E-state index contributed by atoms with van der Waals surface area (Å²) >= 11 is 0. The van der Waals surface area contributed by atoms with E-state index in [0.29, 0.717) is 0 Å². The van der Waals surface area contributed by atoms with Crippen molar-refractivity contribution in [1.82, 2.24) is 0 Å². The summed E-state index contributed by atoms with van der Waals surface area (Å²) < 4.78 is 0. The van der Waals surface area contributed by atoms with E-state index in [-0.39, 0.29) is 13.0 Å². The molecule has 3 N–H and O–H groups in total. The fourth-order valence-electron chi connectivity index (χ4n) is 1.44. The van der Waals surface area contributed by atoms with Crippen LogP contribution in [-0.2, 0) is 5.60 Å². The maximum atomic E-state index is 10.0. The van der Waals surface area contributed by atoms with Gasteiger partial charge < -0.3 is 15.3 Å². The van der Waals surface area contributed by atoms with Crippen LogP contribution in [0.3, 0.4) is 0 Å². The number of rotatable bonds is 4. The van der Waals surface area contributed by atoms with Crippen LogP contribution < -0.4 is 0 Å². The maximum absolute atomic E-state index is 10.0. The molecule has 0 bridgehead atoms. The molecule has 3 nitrogen and oxygen atoms in total. The van der Waals surface area contributed by atoms with Gasteiger partial charge in [-0.1, -0.05) is 30.3 Å². The van der Waals surface area contributed by atoms with Gasteiger partial charge in [-0.3, -0.25) is 0 Å². The van der Waals surface area contributed by atoms with Crippen molar-refractivity contribution in [2.24, 2.45) is 0 Å². The summed E-state index contributed by atoms with van der Waals surface area (Å²) in [6.45, 7) is 1.30. The standard InChI is InChI=1S/C11H16O3/c1-11(14,7-10(13)8-12)9-5-3-2-4-6-9/h2-6,10,12-14H,7-8H2,1H3/t10-,11+/m0/s1. The number of aliphatic hydroxyl groups is 3. The molecular formula is C11H16O3. The third-order valence-corrected chi connectivity index (χ3v) is 2.24. The monoisotopic (exact) mass is 196 g/mol.